The second-order valence-electron chi connectivity index (χ2n) is 5.83. The second kappa shape index (κ2) is 8.15. The predicted molar refractivity (Wildman–Crippen MR) is 98.7 cm³/mol. The number of aryl methyl sites for hydroxylation is 1. The number of aromatic nitrogens is 2. The van der Waals surface area contributed by atoms with Crippen molar-refractivity contribution in [2.75, 3.05) is 6.54 Å². The van der Waals surface area contributed by atoms with Crippen molar-refractivity contribution in [3.63, 3.8) is 0 Å². The summed E-state index contributed by atoms with van der Waals surface area (Å²) in [6.45, 7) is 3.05. The van der Waals surface area contributed by atoms with Crippen LogP contribution in [0.25, 0.3) is 5.69 Å². The van der Waals surface area contributed by atoms with Gasteiger partial charge in [-0.15, -0.1) is 0 Å². The first-order valence-electron chi connectivity index (χ1n) is 8.38. The minimum Gasteiger partial charge on any atom is -0.338 e. The first-order valence-corrected chi connectivity index (χ1v) is 8.38. The number of carbonyl (C=O) groups excluding carboxylic acids is 1. The van der Waals surface area contributed by atoms with Gasteiger partial charge in [-0.3, -0.25) is 0 Å². The van der Waals surface area contributed by atoms with Crippen LogP contribution in [0.3, 0.4) is 0 Å². The third kappa shape index (κ3) is 4.70. The van der Waals surface area contributed by atoms with Crippen LogP contribution in [0, 0.1) is 6.92 Å². The molecule has 5 nitrogen and oxygen atoms in total. The van der Waals surface area contributed by atoms with Crippen molar-refractivity contribution in [2.24, 2.45) is 0 Å². The van der Waals surface area contributed by atoms with Gasteiger partial charge >= 0.3 is 6.03 Å². The molecule has 1 heterocycles. The number of amides is 2. The molecule has 0 atom stereocenters. The molecule has 0 unspecified atom stereocenters. The van der Waals surface area contributed by atoms with E-state index < -0.39 is 0 Å². The van der Waals surface area contributed by atoms with E-state index in [1.165, 1.54) is 0 Å². The fourth-order valence-corrected chi connectivity index (χ4v) is 2.65. The number of benzene rings is 2. The van der Waals surface area contributed by atoms with E-state index in [9.17, 15) is 4.79 Å². The minimum atomic E-state index is -0.164. The van der Waals surface area contributed by atoms with Crippen LogP contribution in [0.15, 0.2) is 66.9 Å². The summed E-state index contributed by atoms with van der Waals surface area (Å²) in [7, 11) is 0. The van der Waals surface area contributed by atoms with Crippen molar-refractivity contribution in [3.8, 4) is 5.69 Å². The average Bonchev–Trinajstić information content (AvgIpc) is 3.02. The van der Waals surface area contributed by atoms with E-state index in [0.717, 1.165) is 22.8 Å². The van der Waals surface area contributed by atoms with Gasteiger partial charge in [0.15, 0.2) is 0 Å². The Hall–Kier alpha value is -3.08. The highest BCUT2D eigenvalue weighted by atomic mass is 16.2. The van der Waals surface area contributed by atoms with Gasteiger partial charge in [-0.2, -0.15) is 0 Å². The summed E-state index contributed by atoms with van der Waals surface area (Å²) >= 11 is 0. The van der Waals surface area contributed by atoms with E-state index in [1.54, 1.807) is 0 Å². The van der Waals surface area contributed by atoms with E-state index in [0.29, 0.717) is 19.5 Å². The van der Waals surface area contributed by atoms with E-state index >= 15 is 0 Å². The Balaban J connectivity index is 1.47. The molecule has 0 radical (unpaired) electrons. The van der Waals surface area contributed by atoms with Gasteiger partial charge in [0.05, 0.1) is 5.69 Å². The molecule has 0 aliphatic rings. The summed E-state index contributed by atoms with van der Waals surface area (Å²) in [5, 5.41) is 5.72. The van der Waals surface area contributed by atoms with E-state index in [1.807, 2.05) is 73.8 Å². The molecule has 128 valence electrons. The summed E-state index contributed by atoms with van der Waals surface area (Å²) in [5.74, 6) is 0.940. The molecule has 3 aromatic rings. The van der Waals surface area contributed by atoms with Gasteiger partial charge in [-0.1, -0.05) is 48.5 Å². The van der Waals surface area contributed by atoms with Gasteiger partial charge in [0, 0.05) is 31.4 Å². The van der Waals surface area contributed by atoms with Crippen LogP contribution < -0.4 is 10.6 Å². The lowest BCUT2D eigenvalue weighted by atomic mass is 10.2. The quantitative estimate of drug-likeness (QED) is 0.727. The van der Waals surface area contributed by atoms with Crippen molar-refractivity contribution in [2.45, 2.75) is 19.9 Å². The van der Waals surface area contributed by atoms with Crippen LogP contribution in [0.5, 0.6) is 0 Å². The Morgan fingerprint density at radius 1 is 1.00 bits per heavy atom. The molecule has 1 aromatic heterocycles. The van der Waals surface area contributed by atoms with Gasteiger partial charge < -0.3 is 15.2 Å². The zero-order valence-corrected chi connectivity index (χ0v) is 14.3. The Morgan fingerprint density at radius 3 is 2.40 bits per heavy atom. The van der Waals surface area contributed by atoms with Crippen molar-refractivity contribution in [1.82, 2.24) is 20.2 Å². The Kier molecular flexibility index (Phi) is 5.46. The Labute approximate surface area is 147 Å². The molecule has 0 aliphatic heterocycles. The van der Waals surface area contributed by atoms with Crippen LogP contribution in [0.4, 0.5) is 4.79 Å². The molecule has 0 spiro atoms. The summed E-state index contributed by atoms with van der Waals surface area (Å²) in [4.78, 5) is 16.4. The molecule has 2 N–H and O–H groups in total. The van der Waals surface area contributed by atoms with Crippen molar-refractivity contribution in [1.29, 1.82) is 0 Å². The molecular weight excluding hydrogens is 312 g/mol. The van der Waals surface area contributed by atoms with Crippen LogP contribution in [0.1, 0.15) is 17.1 Å². The monoisotopic (exact) mass is 334 g/mol. The van der Waals surface area contributed by atoms with Gasteiger partial charge in [-0.25, -0.2) is 9.78 Å². The van der Waals surface area contributed by atoms with Gasteiger partial charge in [0.2, 0.25) is 0 Å². The molecule has 0 saturated heterocycles. The van der Waals surface area contributed by atoms with E-state index in [-0.39, 0.29) is 6.03 Å². The van der Waals surface area contributed by atoms with Gasteiger partial charge in [0.1, 0.15) is 5.82 Å². The fraction of sp³-hybridized carbons (Fsp3) is 0.200. The third-order valence-electron chi connectivity index (χ3n) is 3.93. The Bertz CT molecular complexity index is 812. The van der Waals surface area contributed by atoms with Crippen molar-refractivity contribution >= 4 is 6.03 Å². The smallest absolute Gasteiger partial charge is 0.315 e. The minimum absolute atomic E-state index is 0.164. The molecule has 0 saturated carbocycles. The van der Waals surface area contributed by atoms with Crippen molar-refractivity contribution < 1.29 is 4.79 Å². The first kappa shape index (κ1) is 16.8. The zero-order chi connectivity index (χ0) is 17.5. The van der Waals surface area contributed by atoms with E-state index in [4.69, 9.17) is 0 Å². The highest BCUT2D eigenvalue weighted by Crippen LogP contribution is 2.12. The summed E-state index contributed by atoms with van der Waals surface area (Å²) in [6, 6.07) is 19.8. The largest absolute Gasteiger partial charge is 0.338 e. The standard InChI is InChI=1S/C20H22N4O/c1-16-23-18(15-24(16)19-10-6-3-7-11-19)12-13-21-20(25)22-14-17-8-4-2-5-9-17/h2-11,15H,12-14H2,1H3,(H2,21,22,25). The maximum Gasteiger partial charge on any atom is 0.315 e. The Morgan fingerprint density at radius 2 is 1.68 bits per heavy atom. The molecule has 0 fully saturated rings. The molecule has 3 rings (SSSR count). The molecule has 2 amide bonds. The second-order valence-corrected chi connectivity index (χ2v) is 5.83. The summed E-state index contributed by atoms with van der Waals surface area (Å²) in [5.41, 5.74) is 3.13. The molecule has 2 aromatic carbocycles. The lowest BCUT2D eigenvalue weighted by Crippen LogP contribution is -2.36. The number of urea groups is 1. The lowest BCUT2D eigenvalue weighted by molar-refractivity contribution is 0.240. The van der Waals surface area contributed by atoms with Crippen molar-refractivity contribution in [3.05, 3.63) is 83.9 Å². The zero-order valence-electron chi connectivity index (χ0n) is 14.3. The molecule has 25 heavy (non-hydrogen) atoms. The number of carbonyl (C=O) groups is 1. The van der Waals surface area contributed by atoms with Crippen LogP contribution in [0.2, 0.25) is 0 Å². The SMILES string of the molecule is Cc1nc(CCNC(=O)NCc2ccccc2)cn1-c1ccccc1. The number of hydrogen-bond acceptors (Lipinski definition) is 2. The van der Waals surface area contributed by atoms with Gasteiger partial charge in [0.25, 0.3) is 0 Å². The van der Waals surface area contributed by atoms with Crippen LogP contribution in [-0.4, -0.2) is 22.1 Å². The summed E-state index contributed by atoms with van der Waals surface area (Å²) in [6.07, 6.45) is 2.72. The predicted octanol–water partition coefficient (Wildman–Crippen LogP) is 3.22. The normalized spacial score (nSPS) is 10.4. The first-order chi connectivity index (χ1) is 12.2. The average molecular weight is 334 g/mol. The highest BCUT2D eigenvalue weighted by molar-refractivity contribution is 5.73. The maximum absolute atomic E-state index is 11.9. The molecule has 0 aliphatic carbocycles. The highest BCUT2D eigenvalue weighted by Gasteiger charge is 2.06. The molecule has 5 heteroatoms. The topological polar surface area (TPSA) is 59.0 Å². The molecular formula is C20H22N4O. The van der Waals surface area contributed by atoms with Crippen LogP contribution in [-0.2, 0) is 13.0 Å². The van der Waals surface area contributed by atoms with Gasteiger partial charge in [-0.05, 0) is 24.6 Å². The van der Waals surface area contributed by atoms with E-state index in [2.05, 4.69) is 20.2 Å². The number of nitrogens with one attached hydrogen (secondary N) is 2. The number of para-hydroxylation sites is 1. The van der Waals surface area contributed by atoms with Crippen LogP contribution >= 0.6 is 0 Å². The lowest BCUT2D eigenvalue weighted by Gasteiger charge is -2.07. The molecule has 0 bridgehead atoms. The number of hydrogen-bond donors (Lipinski definition) is 2. The number of imidazole rings is 1. The third-order valence-corrected chi connectivity index (χ3v) is 3.93. The maximum atomic E-state index is 11.9. The number of nitrogens with zero attached hydrogens (tertiary/aromatic N) is 2. The number of rotatable bonds is 6. The fourth-order valence-electron chi connectivity index (χ4n) is 2.65. The summed E-state index contributed by atoms with van der Waals surface area (Å²) < 4.78 is 2.06.